The molecule has 1 fully saturated rings. The molecule has 1 N–H and O–H groups in total. The molecular formula is C23H25FN4O2. The van der Waals surface area contributed by atoms with Gasteiger partial charge < -0.3 is 10.1 Å². The zero-order valence-electron chi connectivity index (χ0n) is 16.8. The molecule has 1 amide bonds. The van der Waals surface area contributed by atoms with Crippen molar-refractivity contribution in [1.82, 2.24) is 20.1 Å². The molecule has 4 rings (SSSR count). The summed E-state index contributed by atoms with van der Waals surface area (Å²) in [6, 6.07) is 10.2. The fraction of sp³-hybridized carbons (Fsp3) is 0.348. The van der Waals surface area contributed by atoms with Gasteiger partial charge in [-0.3, -0.25) is 14.5 Å². The summed E-state index contributed by atoms with van der Waals surface area (Å²) in [6.45, 7) is 1.70. The lowest BCUT2D eigenvalue weighted by Gasteiger charge is -2.22. The molecule has 7 heteroatoms. The Morgan fingerprint density at radius 1 is 1.13 bits per heavy atom. The number of hydrogen-bond acceptors (Lipinski definition) is 4. The van der Waals surface area contributed by atoms with E-state index in [1.165, 1.54) is 12.1 Å². The fourth-order valence-corrected chi connectivity index (χ4v) is 3.76. The standard InChI is InChI=1S/C23H25FN4O2/c24-19-6-4-18(5-7-19)23-21(17-8-10-25-11-9-17)16-27-28(23)13-12-26-22(29)15-20-3-1-2-14-30-20/h4-11,16,20H,1-3,12-15H2,(H,26,29). The van der Waals surface area contributed by atoms with Gasteiger partial charge in [-0.2, -0.15) is 5.10 Å². The van der Waals surface area contributed by atoms with Gasteiger partial charge in [-0.25, -0.2) is 4.39 Å². The zero-order chi connectivity index (χ0) is 20.8. The second-order valence-electron chi connectivity index (χ2n) is 7.42. The number of amides is 1. The van der Waals surface area contributed by atoms with E-state index in [1.54, 1.807) is 30.7 Å². The Labute approximate surface area is 175 Å². The van der Waals surface area contributed by atoms with E-state index in [-0.39, 0.29) is 17.8 Å². The maximum Gasteiger partial charge on any atom is 0.222 e. The summed E-state index contributed by atoms with van der Waals surface area (Å²) in [6.07, 6.45) is 8.81. The van der Waals surface area contributed by atoms with E-state index in [1.807, 2.05) is 16.8 Å². The minimum Gasteiger partial charge on any atom is -0.378 e. The van der Waals surface area contributed by atoms with Crippen molar-refractivity contribution in [3.8, 4) is 22.4 Å². The third-order valence-corrected chi connectivity index (χ3v) is 5.28. The number of pyridine rings is 1. The lowest BCUT2D eigenvalue weighted by atomic mass is 10.0. The fourth-order valence-electron chi connectivity index (χ4n) is 3.76. The second kappa shape index (κ2) is 9.63. The van der Waals surface area contributed by atoms with Crippen molar-refractivity contribution in [2.24, 2.45) is 0 Å². The molecule has 1 atom stereocenters. The molecular weight excluding hydrogens is 383 g/mol. The van der Waals surface area contributed by atoms with Crippen LogP contribution in [0.1, 0.15) is 25.7 Å². The van der Waals surface area contributed by atoms with Gasteiger partial charge in [-0.05, 0) is 61.2 Å². The lowest BCUT2D eigenvalue weighted by Crippen LogP contribution is -2.32. The van der Waals surface area contributed by atoms with Gasteiger partial charge in [0.25, 0.3) is 0 Å². The first-order chi connectivity index (χ1) is 14.7. The molecule has 0 spiro atoms. The van der Waals surface area contributed by atoms with E-state index < -0.39 is 0 Å². The van der Waals surface area contributed by atoms with Gasteiger partial charge in [0.2, 0.25) is 5.91 Å². The zero-order valence-corrected chi connectivity index (χ0v) is 16.8. The van der Waals surface area contributed by atoms with Crippen LogP contribution in [0, 0.1) is 5.82 Å². The highest BCUT2D eigenvalue weighted by Gasteiger charge is 2.18. The van der Waals surface area contributed by atoms with Gasteiger partial charge in [0.1, 0.15) is 5.82 Å². The van der Waals surface area contributed by atoms with Crippen molar-refractivity contribution in [3.63, 3.8) is 0 Å². The van der Waals surface area contributed by atoms with Crippen molar-refractivity contribution < 1.29 is 13.9 Å². The molecule has 1 aromatic carbocycles. The highest BCUT2D eigenvalue weighted by atomic mass is 19.1. The minimum atomic E-state index is -0.285. The summed E-state index contributed by atoms with van der Waals surface area (Å²) in [5, 5.41) is 7.50. The van der Waals surface area contributed by atoms with Crippen molar-refractivity contribution in [1.29, 1.82) is 0 Å². The number of ether oxygens (including phenoxy) is 1. The van der Waals surface area contributed by atoms with Gasteiger partial charge in [-0.1, -0.05) is 0 Å². The van der Waals surface area contributed by atoms with Gasteiger partial charge >= 0.3 is 0 Å². The van der Waals surface area contributed by atoms with Crippen molar-refractivity contribution in [2.45, 2.75) is 38.3 Å². The monoisotopic (exact) mass is 408 g/mol. The van der Waals surface area contributed by atoms with Crippen LogP contribution >= 0.6 is 0 Å². The first-order valence-electron chi connectivity index (χ1n) is 10.3. The van der Waals surface area contributed by atoms with Crippen LogP contribution in [0.15, 0.2) is 55.0 Å². The molecule has 3 heterocycles. The molecule has 0 saturated carbocycles. The smallest absolute Gasteiger partial charge is 0.222 e. The molecule has 30 heavy (non-hydrogen) atoms. The maximum absolute atomic E-state index is 13.4. The first-order valence-corrected chi connectivity index (χ1v) is 10.3. The molecule has 0 aliphatic carbocycles. The number of nitrogens with zero attached hydrogens (tertiary/aromatic N) is 3. The third-order valence-electron chi connectivity index (χ3n) is 5.28. The van der Waals surface area contributed by atoms with E-state index in [2.05, 4.69) is 15.4 Å². The van der Waals surface area contributed by atoms with Crippen LogP contribution in [0.2, 0.25) is 0 Å². The Morgan fingerprint density at radius 3 is 2.67 bits per heavy atom. The van der Waals surface area contributed by atoms with Crippen LogP contribution in [0.4, 0.5) is 4.39 Å². The molecule has 156 valence electrons. The Hall–Kier alpha value is -3.06. The normalized spacial score (nSPS) is 16.4. The molecule has 0 bridgehead atoms. The summed E-state index contributed by atoms with van der Waals surface area (Å²) in [7, 11) is 0. The van der Waals surface area contributed by atoms with Crippen LogP contribution < -0.4 is 5.32 Å². The summed E-state index contributed by atoms with van der Waals surface area (Å²) in [5.41, 5.74) is 3.66. The van der Waals surface area contributed by atoms with E-state index >= 15 is 0 Å². The SMILES string of the molecule is O=C(CC1CCCCO1)NCCn1ncc(-c2ccncc2)c1-c1ccc(F)cc1. The molecule has 2 aromatic heterocycles. The Bertz CT molecular complexity index is 967. The number of aromatic nitrogens is 3. The lowest BCUT2D eigenvalue weighted by molar-refractivity contribution is -0.124. The number of halogens is 1. The molecule has 1 aliphatic heterocycles. The van der Waals surface area contributed by atoms with Crippen molar-refractivity contribution >= 4 is 5.91 Å². The average molecular weight is 408 g/mol. The minimum absolute atomic E-state index is 0.00764. The van der Waals surface area contributed by atoms with E-state index in [0.29, 0.717) is 19.5 Å². The molecule has 1 unspecified atom stereocenters. The number of carbonyl (C=O) groups excluding carboxylic acids is 1. The maximum atomic E-state index is 13.4. The van der Waals surface area contributed by atoms with E-state index in [9.17, 15) is 9.18 Å². The van der Waals surface area contributed by atoms with Crippen molar-refractivity contribution in [2.75, 3.05) is 13.2 Å². The van der Waals surface area contributed by atoms with Gasteiger partial charge in [0, 0.05) is 36.7 Å². The summed E-state index contributed by atoms with van der Waals surface area (Å²) >= 11 is 0. The highest BCUT2D eigenvalue weighted by Crippen LogP contribution is 2.31. The molecule has 6 nitrogen and oxygen atoms in total. The van der Waals surface area contributed by atoms with Crippen LogP contribution in [0.3, 0.4) is 0 Å². The van der Waals surface area contributed by atoms with Crippen LogP contribution in [-0.4, -0.2) is 39.9 Å². The second-order valence-corrected chi connectivity index (χ2v) is 7.42. The number of hydrogen-bond donors (Lipinski definition) is 1. The molecule has 3 aromatic rings. The van der Waals surface area contributed by atoms with E-state index in [4.69, 9.17) is 4.74 Å². The Balaban J connectivity index is 1.48. The summed E-state index contributed by atoms with van der Waals surface area (Å²) in [4.78, 5) is 16.3. The van der Waals surface area contributed by atoms with Crippen LogP contribution in [0.5, 0.6) is 0 Å². The number of nitrogens with one attached hydrogen (secondary N) is 1. The Morgan fingerprint density at radius 2 is 1.93 bits per heavy atom. The van der Waals surface area contributed by atoms with Gasteiger partial charge in [0.15, 0.2) is 0 Å². The largest absolute Gasteiger partial charge is 0.378 e. The highest BCUT2D eigenvalue weighted by molar-refractivity contribution is 5.80. The number of carbonyl (C=O) groups is 1. The van der Waals surface area contributed by atoms with Gasteiger partial charge in [-0.15, -0.1) is 0 Å². The molecule has 1 aliphatic rings. The topological polar surface area (TPSA) is 69.0 Å². The summed E-state index contributed by atoms with van der Waals surface area (Å²) < 4.78 is 20.9. The average Bonchev–Trinajstić information content (AvgIpc) is 3.19. The third kappa shape index (κ3) is 4.91. The first kappa shape index (κ1) is 20.2. The Kier molecular flexibility index (Phi) is 6.49. The van der Waals surface area contributed by atoms with Crippen LogP contribution in [-0.2, 0) is 16.1 Å². The predicted molar refractivity (Wildman–Crippen MR) is 112 cm³/mol. The van der Waals surface area contributed by atoms with Crippen LogP contribution in [0.25, 0.3) is 22.4 Å². The van der Waals surface area contributed by atoms with Gasteiger partial charge in [0.05, 0.1) is 31.0 Å². The number of benzene rings is 1. The van der Waals surface area contributed by atoms with E-state index in [0.717, 1.165) is 48.3 Å². The molecule has 0 radical (unpaired) electrons. The van der Waals surface area contributed by atoms with Crippen molar-refractivity contribution in [3.05, 3.63) is 60.8 Å². The molecule has 1 saturated heterocycles. The predicted octanol–water partition coefficient (Wildman–Crippen LogP) is 3.83. The summed E-state index contributed by atoms with van der Waals surface area (Å²) in [5.74, 6) is -0.292. The number of rotatable bonds is 7. The quantitative estimate of drug-likeness (QED) is 0.645.